The number of hydrogen-bond acceptors (Lipinski definition) is 4. The van der Waals surface area contributed by atoms with Crippen molar-refractivity contribution in [3.63, 3.8) is 0 Å². The fourth-order valence-electron chi connectivity index (χ4n) is 2.57. The first-order chi connectivity index (χ1) is 10.6. The topological polar surface area (TPSA) is 89.3 Å². The second-order valence-electron chi connectivity index (χ2n) is 4.96. The van der Waals surface area contributed by atoms with Crippen LogP contribution in [0.2, 0.25) is 0 Å². The molecule has 7 nitrogen and oxygen atoms in total. The van der Waals surface area contributed by atoms with Gasteiger partial charge in [0.15, 0.2) is 12.8 Å². The summed E-state index contributed by atoms with van der Waals surface area (Å²) < 4.78 is 1.77. The zero-order chi connectivity index (χ0) is 15.7. The molecule has 0 fully saturated rings. The van der Waals surface area contributed by atoms with Crippen LogP contribution in [0.15, 0.2) is 42.5 Å². The molecular weight excluding hydrogens is 286 g/mol. The zero-order valence-corrected chi connectivity index (χ0v) is 11.5. The van der Waals surface area contributed by atoms with Crippen molar-refractivity contribution >= 4 is 23.3 Å². The molecule has 0 N–H and O–H groups in total. The van der Waals surface area contributed by atoms with Gasteiger partial charge in [0, 0.05) is 24.1 Å². The minimum atomic E-state index is -0.633. The maximum atomic E-state index is 11.2. The predicted molar refractivity (Wildman–Crippen MR) is 79.9 cm³/mol. The van der Waals surface area contributed by atoms with Crippen LogP contribution in [0.1, 0.15) is 11.1 Å². The Labute approximate surface area is 125 Å². The van der Waals surface area contributed by atoms with E-state index in [0.29, 0.717) is 12.2 Å². The normalized spacial score (nSPS) is 13.2. The van der Waals surface area contributed by atoms with E-state index >= 15 is 0 Å². The molecule has 0 radical (unpaired) electrons. The Morgan fingerprint density at radius 3 is 2.50 bits per heavy atom. The maximum absolute atomic E-state index is 11.2. The quantitative estimate of drug-likeness (QED) is 0.495. The Balaban J connectivity index is 2.11. The average molecular weight is 298 g/mol. The SMILES string of the molecule is O=[N+]([O-])c1ccc([N+]2=Cc3ccccc3CC2)c([N+](=O)[O-])c1. The summed E-state index contributed by atoms with van der Waals surface area (Å²) in [4.78, 5) is 20.8. The molecule has 22 heavy (non-hydrogen) atoms. The van der Waals surface area contributed by atoms with Gasteiger partial charge < -0.3 is 0 Å². The molecule has 2 aromatic rings. The molecule has 0 bridgehead atoms. The van der Waals surface area contributed by atoms with Crippen LogP contribution in [0.3, 0.4) is 0 Å². The van der Waals surface area contributed by atoms with Gasteiger partial charge in [-0.25, -0.2) is 0 Å². The minimum absolute atomic E-state index is 0.259. The molecule has 1 aliphatic heterocycles. The van der Waals surface area contributed by atoms with Gasteiger partial charge in [-0.2, -0.15) is 4.58 Å². The summed E-state index contributed by atoms with van der Waals surface area (Å²) in [5.74, 6) is 0. The van der Waals surface area contributed by atoms with Crippen LogP contribution >= 0.6 is 0 Å². The largest absolute Gasteiger partial charge is 0.346 e. The van der Waals surface area contributed by atoms with Crippen LogP contribution < -0.4 is 0 Å². The Kier molecular flexibility index (Phi) is 3.38. The van der Waals surface area contributed by atoms with Crippen LogP contribution in [0.5, 0.6) is 0 Å². The lowest BCUT2D eigenvalue weighted by Gasteiger charge is -2.11. The van der Waals surface area contributed by atoms with Crippen LogP contribution in [0, 0.1) is 20.2 Å². The van der Waals surface area contributed by atoms with E-state index in [1.165, 1.54) is 17.7 Å². The van der Waals surface area contributed by atoms with Crippen LogP contribution in [0.25, 0.3) is 0 Å². The Morgan fingerprint density at radius 1 is 1.00 bits per heavy atom. The molecule has 0 aliphatic carbocycles. The molecule has 0 amide bonds. The number of fused-ring (bicyclic) bond motifs is 1. The smallest absolute Gasteiger partial charge is 0.258 e. The minimum Gasteiger partial charge on any atom is -0.258 e. The van der Waals surface area contributed by atoms with Gasteiger partial charge in [-0.3, -0.25) is 20.2 Å². The Hall–Kier alpha value is -3.09. The molecule has 0 aromatic heterocycles. The van der Waals surface area contributed by atoms with Crippen molar-refractivity contribution in [3.8, 4) is 0 Å². The van der Waals surface area contributed by atoms with Crippen molar-refractivity contribution in [1.82, 2.24) is 0 Å². The third-order valence-electron chi connectivity index (χ3n) is 3.65. The highest BCUT2D eigenvalue weighted by atomic mass is 16.6. The van der Waals surface area contributed by atoms with E-state index in [2.05, 4.69) is 0 Å². The molecule has 0 saturated carbocycles. The molecule has 110 valence electrons. The molecule has 0 unspecified atom stereocenters. The van der Waals surface area contributed by atoms with Crippen molar-refractivity contribution in [3.05, 3.63) is 73.8 Å². The molecular formula is C15H12N3O4+. The maximum Gasteiger partial charge on any atom is 0.346 e. The molecule has 1 heterocycles. The van der Waals surface area contributed by atoms with Gasteiger partial charge in [-0.1, -0.05) is 18.2 Å². The predicted octanol–water partition coefficient (Wildman–Crippen LogP) is 2.82. The fourth-order valence-corrected chi connectivity index (χ4v) is 2.57. The monoisotopic (exact) mass is 298 g/mol. The molecule has 3 rings (SSSR count). The molecule has 0 saturated heterocycles. The van der Waals surface area contributed by atoms with Crippen molar-refractivity contribution in [1.29, 1.82) is 0 Å². The summed E-state index contributed by atoms with van der Waals surface area (Å²) >= 11 is 0. The molecule has 2 aromatic carbocycles. The average Bonchev–Trinajstić information content (AvgIpc) is 2.53. The second kappa shape index (κ2) is 5.36. The lowest BCUT2D eigenvalue weighted by molar-refractivity contribution is -0.455. The summed E-state index contributed by atoms with van der Waals surface area (Å²) in [7, 11) is 0. The van der Waals surface area contributed by atoms with Gasteiger partial charge in [0.2, 0.25) is 0 Å². The highest BCUT2D eigenvalue weighted by Gasteiger charge is 2.29. The number of nitro benzene ring substituents is 2. The van der Waals surface area contributed by atoms with Gasteiger partial charge in [-0.15, -0.1) is 0 Å². The summed E-state index contributed by atoms with van der Waals surface area (Å²) in [6, 6.07) is 11.5. The second-order valence-corrected chi connectivity index (χ2v) is 4.96. The number of hydrogen-bond donors (Lipinski definition) is 0. The van der Waals surface area contributed by atoms with Gasteiger partial charge in [0.05, 0.1) is 9.85 Å². The molecule has 7 heteroatoms. The number of nitrogens with zero attached hydrogens (tertiary/aromatic N) is 3. The highest BCUT2D eigenvalue weighted by molar-refractivity contribution is 5.80. The lowest BCUT2D eigenvalue weighted by atomic mass is 10.0. The van der Waals surface area contributed by atoms with E-state index in [4.69, 9.17) is 0 Å². The number of non-ortho nitro benzene ring substituents is 1. The third-order valence-corrected chi connectivity index (χ3v) is 3.65. The van der Waals surface area contributed by atoms with E-state index in [-0.39, 0.29) is 11.4 Å². The van der Waals surface area contributed by atoms with Gasteiger partial charge >= 0.3 is 5.69 Å². The fraction of sp³-hybridized carbons (Fsp3) is 0.133. The Morgan fingerprint density at radius 2 is 1.77 bits per heavy atom. The highest BCUT2D eigenvalue weighted by Crippen LogP contribution is 2.32. The summed E-state index contributed by atoms with van der Waals surface area (Å²) in [5, 5.41) is 22.0. The first kappa shape index (κ1) is 13.9. The number of nitro groups is 2. The van der Waals surface area contributed by atoms with E-state index in [1.54, 1.807) is 4.58 Å². The van der Waals surface area contributed by atoms with Crippen LogP contribution in [-0.2, 0) is 6.42 Å². The summed E-state index contributed by atoms with van der Waals surface area (Å²) in [5.41, 5.74) is 2.01. The number of rotatable bonds is 3. The molecule has 0 spiro atoms. The Bertz CT molecular complexity index is 814. The van der Waals surface area contributed by atoms with Gasteiger partial charge in [0.1, 0.15) is 6.07 Å². The summed E-state index contributed by atoms with van der Waals surface area (Å²) in [6.45, 7) is 0.593. The lowest BCUT2D eigenvalue weighted by Crippen LogP contribution is -2.19. The first-order valence-electron chi connectivity index (χ1n) is 6.68. The van der Waals surface area contributed by atoms with Crippen LogP contribution in [0.4, 0.5) is 17.1 Å². The molecule has 1 aliphatic rings. The van der Waals surface area contributed by atoms with Crippen molar-refractivity contribution in [2.75, 3.05) is 6.54 Å². The molecule has 0 atom stereocenters. The van der Waals surface area contributed by atoms with E-state index in [0.717, 1.165) is 18.1 Å². The number of benzene rings is 2. The first-order valence-corrected chi connectivity index (χ1v) is 6.68. The van der Waals surface area contributed by atoms with E-state index < -0.39 is 9.85 Å². The standard InChI is InChI=1S/C15H12N3O4/c19-17(20)13-5-6-14(15(9-13)18(21)22)16-8-7-11-3-1-2-4-12(11)10-16/h1-6,9-10H,7-8H2/q+1. The van der Waals surface area contributed by atoms with E-state index in [9.17, 15) is 20.2 Å². The van der Waals surface area contributed by atoms with E-state index in [1.807, 2.05) is 30.5 Å². The van der Waals surface area contributed by atoms with Gasteiger partial charge in [0.25, 0.3) is 11.4 Å². The van der Waals surface area contributed by atoms with Crippen molar-refractivity contribution in [2.24, 2.45) is 0 Å². The van der Waals surface area contributed by atoms with Crippen molar-refractivity contribution < 1.29 is 14.4 Å². The summed E-state index contributed by atoms with van der Waals surface area (Å²) in [6.07, 6.45) is 2.60. The third kappa shape index (κ3) is 2.44. The van der Waals surface area contributed by atoms with Crippen LogP contribution in [-0.4, -0.2) is 27.2 Å². The van der Waals surface area contributed by atoms with Crippen molar-refractivity contribution in [2.45, 2.75) is 6.42 Å². The van der Waals surface area contributed by atoms with Gasteiger partial charge in [-0.05, 0) is 11.6 Å². The zero-order valence-electron chi connectivity index (χ0n) is 11.5.